The molecule has 2 aromatic rings. The van der Waals surface area contributed by atoms with Gasteiger partial charge in [0.2, 0.25) is 0 Å². The third kappa shape index (κ3) is 2.16. The smallest absolute Gasteiger partial charge is 0.148 e. The van der Waals surface area contributed by atoms with Gasteiger partial charge < -0.3 is 11.1 Å². The average Bonchev–Trinajstić information content (AvgIpc) is 2.33. The fourth-order valence-electron chi connectivity index (χ4n) is 2.45. The minimum absolute atomic E-state index is 0.403. The number of hydrogen-bond donors (Lipinski definition) is 2. The quantitative estimate of drug-likeness (QED) is 0.865. The molecule has 94 valence electrons. The standard InChI is InChI=1S/C14H18N4/c1-9-14(16-8-10-6-11(15)7-10)18-13-5-3-2-4-12(13)17-9/h2-5,10-11H,6-8,15H2,1H3,(H,16,18). The number of rotatable bonds is 3. The zero-order valence-electron chi connectivity index (χ0n) is 10.6. The maximum Gasteiger partial charge on any atom is 0.148 e. The van der Waals surface area contributed by atoms with E-state index in [1.165, 1.54) is 0 Å². The van der Waals surface area contributed by atoms with Crippen LogP contribution in [0, 0.1) is 12.8 Å². The highest BCUT2D eigenvalue weighted by Crippen LogP contribution is 2.26. The van der Waals surface area contributed by atoms with Crippen molar-refractivity contribution >= 4 is 16.9 Å². The Hall–Kier alpha value is -1.68. The van der Waals surface area contributed by atoms with Crippen molar-refractivity contribution in [3.63, 3.8) is 0 Å². The summed E-state index contributed by atoms with van der Waals surface area (Å²) in [6.45, 7) is 2.94. The molecular formula is C14H18N4. The molecule has 0 saturated heterocycles. The molecule has 3 rings (SSSR count). The molecule has 1 aromatic heterocycles. The van der Waals surface area contributed by atoms with E-state index < -0.39 is 0 Å². The summed E-state index contributed by atoms with van der Waals surface area (Å²) in [7, 11) is 0. The molecular weight excluding hydrogens is 224 g/mol. The first-order valence-corrected chi connectivity index (χ1v) is 6.45. The second kappa shape index (κ2) is 4.53. The van der Waals surface area contributed by atoms with E-state index in [1.807, 2.05) is 31.2 Å². The topological polar surface area (TPSA) is 63.8 Å². The van der Waals surface area contributed by atoms with Gasteiger partial charge in [0.1, 0.15) is 5.82 Å². The van der Waals surface area contributed by atoms with Crippen molar-refractivity contribution in [2.24, 2.45) is 11.7 Å². The molecule has 0 amide bonds. The fourth-order valence-corrected chi connectivity index (χ4v) is 2.45. The first kappa shape index (κ1) is 11.4. The van der Waals surface area contributed by atoms with Crippen LogP contribution in [0.5, 0.6) is 0 Å². The first-order valence-electron chi connectivity index (χ1n) is 6.45. The molecule has 0 unspecified atom stereocenters. The zero-order valence-corrected chi connectivity index (χ0v) is 10.6. The Labute approximate surface area is 107 Å². The molecule has 4 nitrogen and oxygen atoms in total. The summed E-state index contributed by atoms with van der Waals surface area (Å²) < 4.78 is 0. The van der Waals surface area contributed by atoms with E-state index in [0.29, 0.717) is 12.0 Å². The van der Waals surface area contributed by atoms with Gasteiger partial charge >= 0.3 is 0 Å². The van der Waals surface area contributed by atoms with Gasteiger partial charge in [-0.05, 0) is 37.8 Å². The number of nitrogens with one attached hydrogen (secondary N) is 1. The van der Waals surface area contributed by atoms with Crippen LogP contribution in [0.2, 0.25) is 0 Å². The molecule has 3 N–H and O–H groups in total. The third-order valence-electron chi connectivity index (χ3n) is 3.58. The molecule has 1 saturated carbocycles. The van der Waals surface area contributed by atoms with Crippen molar-refractivity contribution in [3.8, 4) is 0 Å². The highest BCUT2D eigenvalue weighted by Gasteiger charge is 2.25. The molecule has 0 bridgehead atoms. The van der Waals surface area contributed by atoms with Gasteiger partial charge in [0, 0.05) is 12.6 Å². The second-order valence-corrected chi connectivity index (χ2v) is 5.12. The molecule has 4 heteroatoms. The first-order chi connectivity index (χ1) is 8.72. The molecule has 1 aromatic carbocycles. The molecule has 18 heavy (non-hydrogen) atoms. The number of hydrogen-bond acceptors (Lipinski definition) is 4. The van der Waals surface area contributed by atoms with Gasteiger partial charge in [-0.1, -0.05) is 12.1 Å². The average molecular weight is 242 g/mol. The number of anilines is 1. The van der Waals surface area contributed by atoms with E-state index >= 15 is 0 Å². The lowest BCUT2D eigenvalue weighted by Crippen LogP contribution is -2.39. The Kier molecular flexibility index (Phi) is 2.88. The van der Waals surface area contributed by atoms with Crippen molar-refractivity contribution in [2.75, 3.05) is 11.9 Å². The molecule has 0 atom stereocenters. The van der Waals surface area contributed by atoms with Crippen LogP contribution in [0.4, 0.5) is 5.82 Å². The summed E-state index contributed by atoms with van der Waals surface area (Å²) in [6.07, 6.45) is 2.24. The van der Waals surface area contributed by atoms with E-state index in [-0.39, 0.29) is 0 Å². The maximum atomic E-state index is 5.79. The molecule has 0 radical (unpaired) electrons. The number of para-hydroxylation sites is 2. The normalized spacial score (nSPS) is 22.8. The summed E-state index contributed by atoms with van der Waals surface area (Å²) in [5.74, 6) is 1.59. The van der Waals surface area contributed by atoms with Crippen molar-refractivity contribution in [1.29, 1.82) is 0 Å². The van der Waals surface area contributed by atoms with Gasteiger partial charge in [0.05, 0.1) is 16.7 Å². The van der Waals surface area contributed by atoms with Crippen LogP contribution in [-0.4, -0.2) is 22.6 Å². The minimum atomic E-state index is 0.403. The predicted molar refractivity (Wildman–Crippen MR) is 73.5 cm³/mol. The molecule has 1 aliphatic rings. The Balaban J connectivity index is 1.76. The monoisotopic (exact) mass is 242 g/mol. The van der Waals surface area contributed by atoms with Crippen molar-refractivity contribution in [3.05, 3.63) is 30.0 Å². The highest BCUT2D eigenvalue weighted by atomic mass is 15.0. The van der Waals surface area contributed by atoms with Crippen LogP contribution < -0.4 is 11.1 Å². The van der Waals surface area contributed by atoms with Gasteiger partial charge in [-0.15, -0.1) is 0 Å². The molecule has 1 fully saturated rings. The Bertz CT molecular complexity index is 561. The number of nitrogens with two attached hydrogens (primary N) is 1. The third-order valence-corrected chi connectivity index (χ3v) is 3.58. The molecule has 1 aliphatic carbocycles. The number of aromatic nitrogens is 2. The molecule has 0 aliphatic heterocycles. The van der Waals surface area contributed by atoms with Crippen LogP contribution in [0.25, 0.3) is 11.0 Å². The van der Waals surface area contributed by atoms with Gasteiger partial charge in [-0.25, -0.2) is 9.97 Å². The summed E-state index contributed by atoms with van der Waals surface area (Å²) in [5.41, 5.74) is 8.63. The van der Waals surface area contributed by atoms with Crippen molar-refractivity contribution < 1.29 is 0 Å². The van der Waals surface area contributed by atoms with Crippen LogP contribution in [0.15, 0.2) is 24.3 Å². The van der Waals surface area contributed by atoms with Gasteiger partial charge in [0.25, 0.3) is 0 Å². The lowest BCUT2D eigenvalue weighted by molar-refractivity contribution is 0.280. The maximum absolute atomic E-state index is 5.79. The lowest BCUT2D eigenvalue weighted by Gasteiger charge is -2.32. The van der Waals surface area contributed by atoms with E-state index in [2.05, 4.69) is 15.3 Å². The zero-order chi connectivity index (χ0) is 12.5. The SMILES string of the molecule is Cc1nc2ccccc2nc1NCC1CC(N)C1. The van der Waals surface area contributed by atoms with Crippen LogP contribution in [0.3, 0.4) is 0 Å². The van der Waals surface area contributed by atoms with Gasteiger partial charge in [0.15, 0.2) is 0 Å². The summed E-state index contributed by atoms with van der Waals surface area (Å²) in [4.78, 5) is 9.18. The molecule has 0 spiro atoms. The van der Waals surface area contributed by atoms with E-state index in [4.69, 9.17) is 5.73 Å². The van der Waals surface area contributed by atoms with E-state index in [9.17, 15) is 0 Å². The Morgan fingerprint density at radius 1 is 1.22 bits per heavy atom. The minimum Gasteiger partial charge on any atom is -0.368 e. The summed E-state index contributed by atoms with van der Waals surface area (Å²) in [6, 6.07) is 8.36. The summed E-state index contributed by atoms with van der Waals surface area (Å²) >= 11 is 0. The van der Waals surface area contributed by atoms with Gasteiger partial charge in [-0.3, -0.25) is 0 Å². The number of benzene rings is 1. The van der Waals surface area contributed by atoms with Crippen LogP contribution in [-0.2, 0) is 0 Å². The number of nitrogens with zero attached hydrogens (tertiary/aromatic N) is 2. The predicted octanol–water partition coefficient (Wildman–Crippen LogP) is 2.09. The lowest BCUT2D eigenvalue weighted by atomic mass is 9.81. The fraction of sp³-hybridized carbons (Fsp3) is 0.429. The molecule has 1 heterocycles. The largest absolute Gasteiger partial charge is 0.368 e. The van der Waals surface area contributed by atoms with Crippen molar-refractivity contribution in [1.82, 2.24) is 9.97 Å². The van der Waals surface area contributed by atoms with E-state index in [1.54, 1.807) is 0 Å². The van der Waals surface area contributed by atoms with Crippen LogP contribution >= 0.6 is 0 Å². The van der Waals surface area contributed by atoms with Gasteiger partial charge in [-0.2, -0.15) is 0 Å². The van der Waals surface area contributed by atoms with E-state index in [0.717, 1.165) is 41.9 Å². The number of fused-ring (bicyclic) bond motifs is 1. The van der Waals surface area contributed by atoms with Crippen molar-refractivity contribution in [2.45, 2.75) is 25.8 Å². The second-order valence-electron chi connectivity index (χ2n) is 5.12. The summed E-state index contributed by atoms with van der Waals surface area (Å²) in [5, 5.41) is 3.40. The highest BCUT2D eigenvalue weighted by molar-refractivity contribution is 5.76. The Morgan fingerprint density at radius 2 is 1.89 bits per heavy atom. The van der Waals surface area contributed by atoms with Crippen LogP contribution in [0.1, 0.15) is 18.5 Å². The number of aryl methyl sites for hydroxylation is 1. The Morgan fingerprint density at radius 3 is 2.56 bits per heavy atom.